The molecule has 0 aromatic carbocycles. The van der Waals surface area contributed by atoms with Crippen LogP contribution < -0.4 is 16.4 Å². The van der Waals surface area contributed by atoms with E-state index in [2.05, 4.69) is 10.6 Å². The lowest BCUT2D eigenvalue weighted by Crippen LogP contribution is -2.48. The van der Waals surface area contributed by atoms with Crippen LogP contribution in [0.5, 0.6) is 0 Å². The summed E-state index contributed by atoms with van der Waals surface area (Å²) >= 11 is 0. The van der Waals surface area contributed by atoms with Crippen molar-refractivity contribution in [3.05, 3.63) is 0 Å². The average molecular weight is 277 g/mol. The molecule has 0 aliphatic carbocycles. The monoisotopic (exact) mass is 277 g/mol. The molecule has 0 saturated carbocycles. The largest absolute Gasteiger partial charge is 0.370 e. The number of nitrogens with one attached hydrogen (secondary N) is 2. The standard InChI is InChI=1S/C10H19N3O4S/c1-7(4-9(11)14)13-10(15)5-8-6-18(16,17)3-2-12-8/h7-8,12H,2-6H2,1H3,(H2,11,14)(H,13,15). The maximum Gasteiger partial charge on any atom is 0.221 e. The van der Waals surface area contributed by atoms with Gasteiger partial charge in [-0.05, 0) is 6.92 Å². The molecule has 2 unspecified atom stereocenters. The number of rotatable bonds is 5. The summed E-state index contributed by atoms with van der Waals surface area (Å²) < 4.78 is 22.8. The Labute approximate surface area is 106 Å². The third kappa shape index (κ3) is 5.46. The molecule has 1 fully saturated rings. The van der Waals surface area contributed by atoms with Crippen LogP contribution >= 0.6 is 0 Å². The van der Waals surface area contributed by atoms with Gasteiger partial charge in [-0.3, -0.25) is 9.59 Å². The van der Waals surface area contributed by atoms with Crippen LogP contribution in [0.1, 0.15) is 19.8 Å². The molecule has 2 amide bonds. The molecular formula is C10H19N3O4S. The number of hydrogen-bond acceptors (Lipinski definition) is 5. The number of primary amides is 1. The van der Waals surface area contributed by atoms with E-state index in [-0.39, 0.29) is 42.3 Å². The molecule has 0 bridgehead atoms. The number of hydrogen-bond donors (Lipinski definition) is 3. The molecule has 18 heavy (non-hydrogen) atoms. The van der Waals surface area contributed by atoms with Gasteiger partial charge in [0.15, 0.2) is 9.84 Å². The summed E-state index contributed by atoms with van der Waals surface area (Å²) in [5, 5.41) is 5.60. The van der Waals surface area contributed by atoms with Crippen LogP contribution in [-0.4, -0.2) is 50.4 Å². The number of carbonyl (C=O) groups excluding carboxylic acids is 2. The fourth-order valence-electron chi connectivity index (χ4n) is 1.91. The van der Waals surface area contributed by atoms with E-state index >= 15 is 0 Å². The fourth-order valence-corrected chi connectivity index (χ4v) is 3.35. The molecule has 1 aliphatic rings. The lowest BCUT2D eigenvalue weighted by Gasteiger charge is -2.23. The van der Waals surface area contributed by atoms with Crippen molar-refractivity contribution in [2.75, 3.05) is 18.1 Å². The van der Waals surface area contributed by atoms with Crippen molar-refractivity contribution < 1.29 is 18.0 Å². The number of amides is 2. The Morgan fingerprint density at radius 1 is 1.50 bits per heavy atom. The minimum absolute atomic E-state index is 0.0232. The lowest BCUT2D eigenvalue weighted by atomic mass is 10.2. The van der Waals surface area contributed by atoms with Gasteiger partial charge in [0.05, 0.1) is 11.5 Å². The molecule has 0 aromatic heterocycles. The van der Waals surface area contributed by atoms with Crippen molar-refractivity contribution in [2.45, 2.75) is 31.8 Å². The lowest BCUT2D eigenvalue weighted by molar-refractivity contribution is -0.122. The van der Waals surface area contributed by atoms with Crippen LogP contribution in [0.2, 0.25) is 0 Å². The highest BCUT2D eigenvalue weighted by Gasteiger charge is 2.26. The normalized spacial score (nSPS) is 24.2. The van der Waals surface area contributed by atoms with Crippen molar-refractivity contribution in [3.63, 3.8) is 0 Å². The summed E-state index contributed by atoms with van der Waals surface area (Å²) in [6, 6.07) is -0.695. The van der Waals surface area contributed by atoms with Crippen molar-refractivity contribution in [2.24, 2.45) is 5.73 Å². The van der Waals surface area contributed by atoms with Gasteiger partial charge in [0.25, 0.3) is 0 Å². The van der Waals surface area contributed by atoms with E-state index in [1.54, 1.807) is 6.92 Å². The Morgan fingerprint density at radius 2 is 2.17 bits per heavy atom. The second-order valence-corrected chi connectivity index (χ2v) is 6.84. The summed E-state index contributed by atoms with van der Waals surface area (Å²) in [4.78, 5) is 22.3. The molecule has 1 rings (SSSR count). The highest BCUT2D eigenvalue weighted by Crippen LogP contribution is 2.05. The molecule has 0 spiro atoms. The van der Waals surface area contributed by atoms with Gasteiger partial charge in [-0.15, -0.1) is 0 Å². The Bertz CT molecular complexity index is 421. The summed E-state index contributed by atoms with van der Waals surface area (Å²) in [7, 11) is -3.04. The molecule has 2 atom stereocenters. The summed E-state index contributed by atoms with van der Waals surface area (Å²) in [6.45, 7) is 2.05. The Morgan fingerprint density at radius 3 is 2.72 bits per heavy atom. The Hall–Kier alpha value is -1.15. The minimum Gasteiger partial charge on any atom is -0.370 e. The first-order valence-electron chi connectivity index (χ1n) is 5.80. The van der Waals surface area contributed by atoms with Gasteiger partial charge in [0.1, 0.15) is 0 Å². The maximum atomic E-state index is 11.6. The van der Waals surface area contributed by atoms with Crippen LogP contribution in [0.25, 0.3) is 0 Å². The van der Waals surface area contributed by atoms with Gasteiger partial charge in [0, 0.05) is 31.5 Å². The zero-order valence-corrected chi connectivity index (χ0v) is 11.1. The predicted molar refractivity (Wildman–Crippen MR) is 66.5 cm³/mol. The van der Waals surface area contributed by atoms with Gasteiger partial charge in [-0.2, -0.15) is 0 Å². The average Bonchev–Trinajstić information content (AvgIpc) is 2.13. The Kier molecular flexibility index (Phi) is 5.09. The number of nitrogens with two attached hydrogens (primary N) is 1. The van der Waals surface area contributed by atoms with E-state index in [4.69, 9.17) is 5.73 Å². The van der Waals surface area contributed by atoms with Crippen LogP contribution in [0.15, 0.2) is 0 Å². The van der Waals surface area contributed by atoms with E-state index in [1.807, 2.05) is 0 Å². The van der Waals surface area contributed by atoms with E-state index in [0.29, 0.717) is 6.54 Å². The fraction of sp³-hybridized carbons (Fsp3) is 0.800. The number of carbonyl (C=O) groups is 2. The molecule has 0 aromatic rings. The van der Waals surface area contributed by atoms with Crippen LogP contribution in [-0.2, 0) is 19.4 Å². The SMILES string of the molecule is CC(CC(N)=O)NC(=O)CC1CS(=O)(=O)CCN1. The molecule has 7 nitrogen and oxygen atoms in total. The summed E-state index contributed by atoms with van der Waals surface area (Å²) in [6.07, 6.45) is 0.157. The van der Waals surface area contributed by atoms with E-state index in [9.17, 15) is 18.0 Å². The summed E-state index contributed by atoms with van der Waals surface area (Å²) in [5.41, 5.74) is 5.01. The van der Waals surface area contributed by atoms with Crippen LogP contribution in [0.4, 0.5) is 0 Å². The van der Waals surface area contributed by atoms with Crippen molar-refractivity contribution in [3.8, 4) is 0 Å². The van der Waals surface area contributed by atoms with Crippen LogP contribution in [0.3, 0.4) is 0 Å². The highest BCUT2D eigenvalue weighted by atomic mass is 32.2. The zero-order valence-electron chi connectivity index (χ0n) is 10.3. The smallest absolute Gasteiger partial charge is 0.221 e. The molecule has 1 heterocycles. The minimum atomic E-state index is -3.04. The highest BCUT2D eigenvalue weighted by molar-refractivity contribution is 7.91. The van der Waals surface area contributed by atoms with Gasteiger partial charge in [-0.1, -0.05) is 0 Å². The van der Waals surface area contributed by atoms with Gasteiger partial charge >= 0.3 is 0 Å². The predicted octanol–water partition coefficient (Wildman–Crippen LogP) is -1.86. The van der Waals surface area contributed by atoms with Crippen molar-refractivity contribution >= 4 is 21.7 Å². The third-order valence-corrected chi connectivity index (χ3v) is 4.38. The topological polar surface area (TPSA) is 118 Å². The van der Waals surface area contributed by atoms with E-state index < -0.39 is 15.7 Å². The molecule has 104 valence electrons. The zero-order chi connectivity index (χ0) is 13.8. The first-order valence-corrected chi connectivity index (χ1v) is 7.62. The van der Waals surface area contributed by atoms with Gasteiger partial charge in [0.2, 0.25) is 11.8 Å². The Balaban J connectivity index is 2.38. The molecule has 1 saturated heterocycles. The van der Waals surface area contributed by atoms with Gasteiger partial charge in [-0.25, -0.2) is 8.42 Å². The molecule has 8 heteroatoms. The van der Waals surface area contributed by atoms with Crippen molar-refractivity contribution in [1.29, 1.82) is 0 Å². The van der Waals surface area contributed by atoms with E-state index in [0.717, 1.165) is 0 Å². The molecule has 4 N–H and O–H groups in total. The second kappa shape index (κ2) is 6.14. The molecular weight excluding hydrogens is 258 g/mol. The van der Waals surface area contributed by atoms with Crippen molar-refractivity contribution in [1.82, 2.24) is 10.6 Å². The first kappa shape index (κ1) is 14.9. The molecule has 1 aliphatic heterocycles. The quantitative estimate of drug-likeness (QED) is 0.545. The molecule has 0 radical (unpaired) electrons. The third-order valence-electron chi connectivity index (χ3n) is 2.65. The van der Waals surface area contributed by atoms with Crippen LogP contribution in [0, 0.1) is 0 Å². The summed E-state index contributed by atoms with van der Waals surface area (Å²) in [5.74, 6) is -0.673. The maximum absolute atomic E-state index is 11.6. The number of sulfone groups is 1. The van der Waals surface area contributed by atoms with Gasteiger partial charge < -0.3 is 16.4 Å². The second-order valence-electron chi connectivity index (χ2n) is 4.61. The van der Waals surface area contributed by atoms with E-state index in [1.165, 1.54) is 0 Å². The first-order chi connectivity index (χ1) is 8.28.